The molecule has 0 heterocycles. The largest absolute Gasteiger partial charge is 0.480 e. The van der Waals surface area contributed by atoms with E-state index in [2.05, 4.69) is 12.6 Å². The van der Waals surface area contributed by atoms with Crippen molar-refractivity contribution >= 4 is 55.8 Å². The Morgan fingerprint density at radius 1 is 1.50 bits per heavy atom. The molecule has 10 heavy (non-hydrogen) atoms. The highest BCUT2D eigenvalue weighted by Crippen LogP contribution is 1.80. The van der Waals surface area contributed by atoms with Crippen LogP contribution in [0.5, 0.6) is 0 Å². The van der Waals surface area contributed by atoms with Crippen LogP contribution < -0.4 is 5.73 Å². The average molecular weight is 231 g/mol. The summed E-state index contributed by atoms with van der Waals surface area (Å²) in [5, 5.41) is 8.01. The Hall–Kier alpha value is 0.650. The van der Waals surface area contributed by atoms with Crippen LogP contribution >= 0.6 is 49.8 Å². The van der Waals surface area contributed by atoms with Crippen molar-refractivity contribution in [2.45, 2.75) is 6.04 Å². The van der Waals surface area contributed by atoms with Crippen LogP contribution in [0.4, 0.5) is 0 Å². The SMILES string of the molecule is Cl.Cl.Cl.N[C@H](CS)C(=O)O. The molecule has 0 aliphatic carbocycles. The second-order valence-electron chi connectivity index (χ2n) is 1.13. The molecule has 3 N–H and O–H groups in total. The van der Waals surface area contributed by atoms with E-state index in [1.807, 2.05) is 0 Å². The molecule has 0 aliphatic rings. The summed E-state index contributed by atoms with van der Waals surface area (Å²) in [4.78, 5) is 9.76. The van der Waals surface area contributed by atoms with E-state index in [0.717, 1.165) is 0 Å². The first kappa shape index (κ1) is 22.4. The van der Waals surface area contributed by atoms with E-state index < -0.39 is 12.0 Å². The Labute approximate surface area is 83.4 Å². The van der Waals surface area contributed by atoms with Crippen LogP contribution in [0, 0.1) is 0 Å². The molecular formula is C3H10Cl3NO2S. The fourth-order valence-electron chi connectivity index (χ4n) is 0.0781. The Balaban J connectivity index is -0.0000000600. The first-order valence-corrected chi connectivity index (χ1v) is 2.41. The molecule has 0 aliphatic heterocycles. The third-order valence-corrected chi connectivity index (χ3v) is 0.907. The lowest BCUT2D eigenvalue weighted by atomic mass is 10.4. The molecule has 66 valence electrons. The second-order valence-corrected chi connectivity index (χ2v) is 1.49. The minimum atomic E-state index is -1.00. The minimum absolute atomic E-state index is 0. The Morgan fingerprint density at radius 2 is 1.80 bits per heavy atom. The number of carbonyl (C=O) groups is 1. The van der Waals surface area contributed by atoms with Gasteiger partial charge in [0.15, 0.2) is 0 Å². The van der Waals surface area contributed by atoms with Crippen molar-refractivity contribution in [1.82, 2.24) is 0 Å². The predicted molar refractivity (Wildman–Crippen MR) is 51.2 cm³/mol. The molecular weight excluding hydrogens is 220 g/mol. The van der Waals surface area contributed by atoms with Gasteiger partial charge in [0.1, 0.15) is 6.04 Å². The summed E-state index contributed by atoms with van der Waals surface area (Å²) in [6, 6.07) is -0.816. The van der Waals surface area contributed by atoms with Crippen molar-refractivity contribution in [3.05, 3.63) is 0 Å². The van der Waals surface area contributed by atoms with Gasteiger partial charge in [-0.2, -0.15) is 12.6 Å². The van der Waals surface area contributed by atoms with Crippen molar-refractivity contribution in [2.75, 3.05) is 5.75 Å². The van der Waals surface area contributed by atoms with Crippen molar-refractivity contribution in [2.24, 2.45) is 5.73 Å². The minimum Gasteiger partial charge on any atom is -0.480 e. The molecule has 1 atom stereocenters. The number of thiol groups is 1. The predicted octanol–water partition coefficient (Wildman–Crippen LogP) is 0.594. The Kier molecular flexibility index (Phi) is 27.7. The van der Waals surface area contributed by atoms with E-state index in [4.69, 9.17) is 10.8 Å². The van der Waals surface area contributed by atoms with E-state index >= 15 is 0 Å². The topological polar surface area (TPSA) is 63.3 Å². The highest BCUT2D eigenvalue weighted by Gasteiger charge is 2.06. The molecule has 0 aromatic rings. The molecule has 7 heteroatoms. The normalized spacial score (nSPS) is 9.40. The summed E-state index contributed by atoms with van der Waals surface area (Å²) in [6.07, 6.45) is 0. The van der Waals surface area contributed by atoms with E-state index in [9.17, 15) is 4.79 Å². The van der Waals surface area contributed by atoms with Gasteiger partial charge in [-0.1, -0.05) is 0 Å². The lowest BCUT2D eigenvalue weighted by Crippen LogP contribution is -2.31. The number of aliphatic carboxylic acids is 1. The third kappa shape index (κ3) is 11.4. The lowest BCUT2D eigenvalue weighted by molar-refractivity contribution is -0.137. The summed E-state index contributed by atoms with van der Waals surface area (Å²) >= 11 is 3.65. The molecule has 0 saturated heterocycles. The highest BCUT2D eigenvalue weighted by atomic mass is 35.5. The number of carboxylic acid groups (broad SMARTS) is 1. The first-order valence-electron chi connectivity index (χ1n) is 1.77. The van der Waals surface area contributed by atoms with Crippen LogP contribution in [0.2, 0.25) is 0 Å². The van der Waals surface area contributed by atoms with E-state index in [-0.39, 0.29) is 43.0 Å². The Bertz CT molecular complexity index is 84.1. The fraction of sp³-hybridized carbons (Fsp3) is 0.667. The van der Waals surface area contributed by atoms with Crippen LogP contribution in [0.25, 0.3) is 0 Å². The fourth-order valence-corrected chi connectivity index (χ4v) is 0.234. The number of hydrogen-bond donors (Lipinski definition) is 3. The summed E-state index contributed by atoms with van der Waals surface area (Å²) in [7, 11) is 0. The maximum absolute atomic E-state index is 9.76. The van der Waals surface area contributed by atoms with Gasteiger partial charge in [-0.15, -0.1) is 37.2 Å². The van der Waals surface area contributed by atoms with Crippen molar-refractivity contribution in [3.8, 4) is 0 Å². The Morgan fingerprint density at radius 3 is 1.80 bits per heavy atom. The highest BCUT2D eigenvalue weighted by molar-refractivity contribution is 7.80. The summed E-state index contributed by atoms with van der Waals surface area (Å²) < 4.78 is 0. The van der Waals surface area contributed by atoms with Gasteiger partial charge in [0.05, 0.1) is 0 Å². The number of nitrogens with two attached hydrogens (primary N) is 1. The number of carboxylic acids is 1. The molecule has 0 spiro atoms. The molecule has 0 amide bonds. The van der Waals surface area contributed by atoms with Crippen molar-refractivity contribution in [1.29, 1.82) is 0 Å². The number of hydrogen-bond acceptors (Lipinski definition) is 3. The van der Waals surface area contributed by atoms with Gasteiger partial charge in [0, 0.05) is 5.75 Å². The van der Waals surface area contributed by atoms with Gasteiger partial charge >= 0.3 is 5.97 Å². The van der Waals surface area contributed by atoms with E-state index in [1.165, 1.54) is 0 Å². The smallest absolute Gasteiger partial charge is 0.321 e. The second kappa shape index (κ2) is 12.3. The van der Waals surface area contributed by atoms with Crippen LogP contribution in [0.3, 0.4) is 0 Å². The molecule has 0 rings (SSSR count). The van der Waals surface area contributed by atoms with Gasteiger partial charge < -0.3 is 10.8 Å². The summed E-state index contributed by atoms with van der Waals surface area (Å²) in [5.41, 5.74) is 4.94. The molecule has 0 unspecified atom stereocenters. The zero-order valence-electron chi connectivity index (χ0n) is 4.89. The molecule has 3 nitrogen and oxygen atoms in total. The van der Waals surface area contributed by atoms with Gasteiger partial charge in [-0.25, -0.2) is 0 Å². The number of rotatable bonds is 2. The molecule has 0 radical (unpaired) electrons. The molecule has 0 aromatic carbocycles. The van der Waals surface area contributed by atoms with Gasteiger partial charge in [-0.3, -0.25) is 4.79 Å². The molecule has 0 bridgehead atoms. The monoisotopic (exact) mass is 229 g/mol. The maximum Gasteiger partial charge on any atom is 0.321 e. The van der Waals surface area contributed by atoms with Gasteiger partial charge in [0.25, 0.3) is 0 Å². The summed E-state index contributed by atoms with van der Waals surface area (Å²) in [5.74, 6) is -0.815. The van der Waals surface area contributed by atoms with Crippen LogP contribution in [-0.4, -0.2) is 22.9 Å². The van der Waals surface area contributed by atoms with E-state index in [1.54, 1.807) is 0 Å². The zero-order valence-corrected chi connectivity index (χ0v) is 8.23. The maximum atomic E-state index is 9.76. The van der Waals surface area contributed by atoms with Crippen LogP contribution in [-0.2, 0) is 4.79 Å². The van der Waals surface area contributed by atoms with Gasteiger partial charge in [-0.05, 0) is 0 Å². The summed E-state index contributed by atoms with van der Waals surface area (Å²) in [6.45, 7) is 0. The third-order valence-electron chi connectivity index (χ3n) is 0.514. The van der Waals surface area contributed by atoms with E-state index in [0.29, 0.717) is 0 Å². The molecule has 0 fully saturated rings. The van der Waals surface area contributed by atoms with Crippen molar-refractivity contribution in [3.63, 3.8) is 0 Å². The molecule has 0 saturated carbocycles. The number of halogens is 3. The average Bonchev–Trinajstić information content (AvgIpc) is 1.65. The van der Waals surface area contributed by atoms with Crippen LogP contribution in [0.1, 0.15) is 0 Å². The standard InChI is InChI=1S/C3H7NO2S.3ClH/c4-2(1-7)3(5)6;;;/h2,7H,1,4H2,(H,5,6);3*1H/t2-;;;/m1.../s1. The first-order chi connectivity index (χ1) is 3.18. The zero-order chi connectivity index (χ0) is 5.86. The van der Waals surface area contributed by atoms with Crippen molar-refractivity contribution < 1.29 is 9.90 Å². The quantitative estimate of drug-likeness (QED) is 0.609. The molecule has 0 aromatic heterocycles. The lowest BCUT2D eigenvalue weighted by Gasteiger charge is -1.96. The van der Waals surface area contributed by atoms with Crippen LogP contribution in [0.15, 0.2) is 0 Å². The van der Waals surface area contributed by atoms with Gasteiger partial charge in [0.2, 0.25) is 0 Å².